The standard InChI is InChI=1S/C17H17N5O4/c1-3-25-17(26-4-2)16(10-19)13(15(16,9-18)14(20)21-17)11-6-5-7-12(8-11)22(23)24/h5-8,13H,3-4H2,1-2H3,(H2,20,21). The molecule has 0 aromatic heterocycles. The molecule has 3 rings (SSSR count). The molecule has 1 aliphatic heterocycles. The van der Waals surface area contributed by atoms with E-state index in [1.807, 2.05) is 0 Å². The van der Waals surface area contributed by atoms with Gasteiger partial charge in [0.05, 0.1) is 17.1 Å². The van der Waals surface area contributed by atoms with Crippen molar-refractivity contribution in [2.24, 2.45) is 21.6 Å². The fourth-order valence-electron chi connectivity index (χ4n) is 4.07. The summed E-state index contributed by atoms with van der Waals surface area (Å²) in [5.41, 5.74) is 3.41. The minimum Gasteiger partial charge on any atom is -0.386 e. The molecule has 134 valence electrons. The molecule has 1 aliphatic carbocycles. The molecule has 3 atom stereocenters. The molecule has 2 aliphatic rings. The summed E-state index contributed by atoms with van der Waals surface area (Å²) in [4.78, 5) is 14.8. The monoisotopic (exact) mass is 355 g/mol. The van der Waals surface area contributed by atoms with Gasteiger partial charge in [-0.05, 0) is 19.4 Å². The van der Waals surface area contributed by atoms with Gasteiger partial charge in [-0.3, -0.25) is 10.1 Å². The number of non-ortho nitro benzene ring substituents is 1. The van der Waals surface area contributed by atoms with E-state index in [0.29, 0.717) is 5.56 Å². The molecule has 26 heavy (non-hydrogen) atoms. The molecule has 1 saturated carbocycles. The van der Waals surface area contributed by atoms with Crippen LogP contribution < -0.4 is 5.73 Å². The van der Waals surface area contributed by atoms with Crippen LogP contribution in [0.4, 0.5) is 5.69 Å². The topological polar surface area (TPSA) is 148 Å². The number of hydrogen-bond acceptors (Lipinski definition) is 8. The van der Waals surface area contributed by atoms with E-state index >= 15 is 0 Å². The summed E-state index contributed by atoms with van der Waals surface area (Å²) in [6, 6.07) is 10.1. The SMILES string of the molecule is CCOC1(OCC)N=C(N)C2(C#N)C(c3cccc([N+](=O)[O-])c3)C12C#N. The maximum atomic E-state index is 11.1. The number of hydrogen-bond donors (Lipinski definition) is 1. The van der Waals surface area contributed by atoms with Crippen molar-refractivity contribution in [2.45, 2.75) is 25.7 Å². The van der Waals surface area contributed by atoms with Gasteiger partial charge >= 0.3 is 0 Å². The van der Waals surface area contributed by atoms with Crippen molar-refractivity contribution in [3.05, 3.63) is 39.9 Å². The molecule has 0 bridgehead atoms. The van der Waals surface area contributed by atoms with Crippen molar-refractivity contribution in [2.75, 3.05) is 13.2 Å². The summed E-state index contributed by atoms with van der Waals surface area (Å²) in [5, 5.41) is 31.1. The van der Waals surface area contributed by atoms with Crippen molar-refractivity contribution >= 4 is 11.5 Å². The quantitative estimate of drug-likeness (QED) is 0.464. The second kappa shape index (κ2) is 5.77. The first-order chi connectivity index (χ1) is 12.4. The van der Waals surface area contributed by atoms with Gasteiger partial charge in [-0.1, -0.05) is 12.1 Å². The van der Waals surface area contributed by atoms with Crippen LogP contribution in [-0.4, -0.2) is 29.9 Å². The van der Waals surface area contributed by atoms with Gasteiger partial charge in [0.15, 0.2) is 5.41 Å². The predicted octanol–water partition coefficient (Wildman–Crippen LogP) is 1.81. The Morgan fingerprint density at radius 3 is 2.46 bits per heavy atom. The van der Waals surface area contributed by atoms with E-state index in [1.165, 1.54) is 18.2 Å². The molecular weight excluding hydrogens is 338 g/mol. The van der Waals surface area contributed by atoms with E-state index < -0.39 is 27.6 Å². The Kier molecular flexibility index (Phi) is 3.95. The van der Waals surface area contributed by atoms with Gasteiger partial charge in [0, 0.05) is 31.3 Å². The van der Waals surface area contributed by atoms with E-state index in [1.54, 1.807) is 19.9 Å². The lowest BCUT2D eigenvalue weighted by Crippen LogP contribution is -2.43. The summed E-state index contributed by atoms with van der Waals surface area (Å²) in [6.07, 6.45) is 0. The highest BCUT2D eigenvalue weighted by Crippen LogP contribution is 2.82. The lowest BCUT2D eigenvalue weighted by molar-refractivity contribution is -0.384. The largest absolute Gasteiger partial charge is 0.386 e. The lowest BCUT2D eigenvalue weighted by atomic mass is 9.93. The molecule has 0 saturated heterocycles. The summed E-state index contributed by atoms with van der Waals surface area (Å²) >= 11 is 0. The van der Waals surface area contributed by atoms with Crippen LogP contribution in [0.25, 0.3) is 0 Å². The van der Waals surface area contributed by atoms with E-state index in [2.05, 4.69) is 17.1 Å². The zero-order valence-electron chi connectivity index (χ0n) is 14.3. The summed E-state index contributed by atoms with van der Waals surface area (Å²) < 4.78 is 11.4. The smallest absolute Gasteiger partial charge is 0.293 e. The Morgan fingerprint density at radius 2 is 1.96 bits per heavy atom. The highest BCUT2D eigenvalue weighted by molar-refractivity contribution is 6.00. The van der Waals surface area contributed by atoms with Crippen LogP contribution in [0.1, 0.15) is 25.3 Å². The van der Waals surface area contributed by atoms with Gasteiger partial charge < -0.3 is 15.2 Å². The number of nitro benzene ring substituents is 1. The minimum atomic E-state index is -1.72. The normalized spacial score (nSPS) is 30.6. The maximum absolute atomic E-state index is 11.1. The molecule has 1 aromatic carbocycles. The summed E-state index contributed by atoms with van der Waals surface area (Å²) in [6.45, 7) is 3.80. The van der Waals surface area contributed by atoms with Crippen LogP contribution >= 0.6 is 0 Å². The molecule has 0 spiro atoms. The van der Waals surface area contributed by atoms with E-state index in [9.17, 15) is 20.6 Å². The predicted molar refractivity (Wildman–Crippen MR) is 89.5 cm³/mol. The number of amidine groups is 1. The molecule has 2 N–H and O–H groups in total. The van der Waals surface area contributed by atoms with Gasteiger partial charge in [0.2, 0.25) is 0 Å². The van der Waals surface area contributed by atoms with Crippen molar-refractivity contribution in [3.63, 3.8) is 0 Å². The average molecular weight is 355 g/mol. The Labute approximate surface area is 149 Å². The number of fused-ring (bicyclic) bond motifs is 1. The zero-order valence-corrected chi connectivity index (χ0v) is 14.3. The third-order valence-corrected chi connectivity index (χ3v) is 5.02. The van der Waals surface area contributed by atoms with Gasteiger partial charge in [0.1, 0.15) is 11.3 Å². The van der Waals surface area contributed by atoms with Gasteiger partial charge in [-0.25, -0.2) is 4.99 Å². The molecule has 0 radical (unpaired) electrons. The van der Waals surface area contributed by atoms with Crippen LogP contribution in [0.5, 0.6) is 0 Å². The van der Waals surface area contributed by atoms with Crippen molar-refractivity contribution < 1.29 is 14.4 Å². The van der Waals surface area contributed by atoms with Gasteiger partial charge in [-0.15, -0.1) is 0 Å². The first kappa shape index (κ1) is 17.8. The molecule has 1 fully saturated rings. The number of nitrogens with two attached hydrogens (primary N) is 1. The van der Waals surface area contributed by atoms with E-state index in [0.717, 1.165) is 0 Å². The second-order valence-corrected chi connectivity index (χ2v) is 6.07. The van der Waals surface area contributed by atoms with Crippen molar-refractivity contribution in [1.29, 1.82) is 10.5 Å². The fraction of sp³-hybridized carbons (Fsp3) is 0.471. The fourth-order valence-corrected chi connectivity index (χ4v) is 4.07. The third-order valence-electron chi connectivity index (χ3n) is 5.02. The third kappa shape index (κ3) is 1.81. The Balaban J connectivity index is 2.22. The first-order valence-electron chi connectivity index (χ1n) is 8.11. The van der Waals surface area contributed by atoms with E-state index in [4.69, 9.17) is 15.2 Å². The highest BCUT2D eigenvalue weighted by atomic mass is 16.7. The lowest BCUT2D eigenvalue weighted by Gasteiger charge is -2.31. The van der Waals surface area contributed by atoms with Crippen molar-refractivity contribution in [1.82, 2.24) is 0 Å². The average Bonchev–Trinajstić information content (AvgIpc) is 3.21. The molecule has 9 nitrogen and oxygen atoms in total. The molecule has 9 heteroatoms. The number of nitriles is 2. The number of ether oxygens (including phenoxy) is 2. The highest BCUT2D eigenvalue weighted by Gasteiger charge is 2.93. The van der Waals surface area contributed by atoms with Crippen LogP contribution in [0.2, 0.25) is 0 Å². The molecule has 1 heterocycles. The van der Waals surface area contributed by atoms with E-state index in [-0.39, 0.29) is 24.7 Å². The number of benzene rings is 1. The van der Waals surface area contributed by atoms with Crippen molar-refractivity contribution in [3.8, 4) is 12.1 Å². The molecular formula is C17H17N5O4. The van der Waals surface area contributed by atoms with Crippen LogP contribution in [0.15, 0.2) is 29.3 Å². The molecule has 0 amide bonds. The Hall–Kier alpha value is -3.01. The number of nitrogens with zero attached hydrogens (tertiary/aromatic N) is 4. The molecule has 3 unspecified atom stereocenters. The van der Waals surface area contributed by atoms with Crippen LogP contribution in [0, 0.1) is 43.6 Å². The first-order valence-corrected chi connectivity index (χ1v) is 8.11. The van der Waals surface area contributed by atoms with Gasteiger partial charge in [0.25, 0.3) is 11.6 Å². The maximum Gasteiger partial charge on any atom is 0.293 e. The second-order valence-electron chi connectivity index (χ2n) is 6.07. The summed E-state index contributed by atoms with van der Waals surface area (Å²) in [5.74, 6) is -2.53. The Bertz CT molecular complexity index is 880. The summed E-state index contributed by atoms with van der Waals surface area (Å²) in [7, 11) is 0. The minimum absolute atomic E-state index is 0.0556. The number of rotatable bonds is 6. The van der Waals surface area contributed by atoms with Crippen LogP contribution in [-0.2, 0) is 9.47 Å². The Morgan fingerprint density at radius 1 is 1.31 bits per heavy atom. The number of nitro groups is 1. The zero-order chi connectivity index (χ0) is 19.2. The van der Waals surface area contributed by atoms with Crippen LogP contribution in [0.3, 0.4) is 0 Å². The van der Waals surface area contributed by atoms with Gasteiger partial charge in [-0.2, -0.15) is 10.5 Å². The number of aliphatic imine (C=N–C) groups is 1. The molecule has 1 aromatic rings.